The van der Waals surface area contributed by atoms with Crippen molar-refractivity contribution in [1.82, 2.24) is 15.5 Å². The number of ether oxygens (including phenoxy) is 1. The molecule has 1 atom stereocenters. The molecule has 1 unspecified atom stereocenters. The molecular weight excluding hydrogens is 254 g/mol. The smallest absolute Gasteiger partial charge is 0.246 e. The standard InChI is InChI=1S/C15H29N3O2/c1-12(2)18-8-5-13(10-18)9-17-15(19)11-20-14-3-6-16-7-4-14/h12-14,16H,3-11H2,1-2H3,(H,17,19). The summed E-state index contributed by atoms with van der Waals surface area (Å²) in [6.45, 7) is 9.72. The molecule has 2 N–H and O–H groups in total. The summed E-state index contributed by atoms with van der Waals surface area (Å²) in [6, 6.07) is 0.610. The molecule has 5 nitrogen and oxygen atoms in total. The number of piperidine rings is 1. The van der Waals surface area contributed by atoms with E-state index in [2.05, 4.69) is 29.4 Å². The zero-order valence-electron chi connectivity index (χ0n) is 12.9. The van der Waals surface area contributed by atoms with Gasteiger partial charge in [0.15, 0.2) is 0 Å². The second-order valence-corrected chi connectivity index (χ2v) is 6.31. The first kappa shape index (κ1) is 15.7. The summed E-state index contributed by atoms with van der Waals surface area (Å²) in [7, 11) is 0. The minimum atomic E-state index is 0.0338. The van der Waals surface area contributed by atoms with Crippen LogP contribution in [0.2, 0.25) is 0 Å². The Labute approximate surface area is 122 Å². The van der Waals surface area contributed by atoms with E-state index in [0.717, 1.165) is 45.6 Å². The van der Waals surface area contributed by atoms with Gasteiger partial charge in [-0.15, -0.1) is 0 Å². The van der Waals surface area contributed by atoms with Gasteiger partial charge in [0, 0.05) is 19.1 Å². The maximum atomic E-state index is 11.8. The fraction of sp³-hybridized carbons (Fsp3) is 0.933. The second-order valence-electron chi connectivity index (χ2n) is 6.31. The van der Waals surface area contributed by atoms with Gasteiger partial charge < -0.3 is 20.3 Å². The maximum Gasteiger partial charge on any atom is 0.246 e. The lowest BCUT2D eigenvalue weighted by Crippen LogP contribution is -2.37. The van der Waals surface area contributed by atoms with Gasteiger partial charge in [0.25, 0.3) is 0 Å². The average Bonchev–Trinajstić information content (AvgIpc) is 2.93. The minimum Gasteiger partial charge on any atom is -0.368 e. The Morgan fingerprint density at radius 2 is 2.10 bits per heavy atom. The molecule has 5 heteroatoms. The molecule has 0 aromatic carbocycles. The molecule has 0 spiro atoms. The monoisotopic (exact) mass is 283 g/mol. The van der Waals surface area contributed by atoms with Crippen molar-refractivity contribution >= 4 is 5.91 Å². The van der Waals surface area contributed by atoms with Crippen molar-refractivity contribution < 1.29 is 9.53 Å². The number of rotatable bonds is 6. The molecule has 0 bridgehead atoms. The van der Waals surface area contributed by atoms with Crippen molar-refractivity contribution in [3.05, 3.63) is 0 Å². The van der Waals surface area contributed by atoms with E-state index in [0.29, 0.717) is 12.0 Å². The largest absolute Gasteiger partial charge is 0.368 e. The normalized spacial score (nSPS) is 25.2. The topological polar surface area (TPSA) is 53.6 Å². The van der Waals surface area contributed by atoms with E-state index in [9.17, 15) is 4.79 Å². The molecule has 2 aliphatic rings. The lowest BCUT2D eigenvalue weighted by Gasteiger charge is -2.23. The predicted molar refractivity (Wildman–Crippen MR) is 79.7 cm³/mol. The Morgan fingerprint density at radius 1 is 1.35 bits per heavy atom. The van der Waals surface area contributed by atoms with Crippen LogP contribution in [0.15, 0.2) is 0 Å². The molecule has 2 aliphatic heterocycles. The summed E-state index contributed by atoms with van der Waals surface area (Å²) < 4.78 is 5.66. The third-order valence-electron chi connectivity index (χ3n) is 4.37. The van der Waals surface area contributed by atoms with Gasteiger partial charge in [0.2, 0.25) is 5.91 Å². The van der Waals surface area contributed by atoms with Crippen LogP contribution in [0.1, 0.15) is 33.1 Å². The predicted octanol–water partition coefficient (Wildman–Crippen LogP) is 0.602. The van der Waals surface area contributed by atoms with Gasteiger partial charge >= 0.3 is 0 Å². The van der Waals surface area contributed by atoms with E-state index in [-0.39, 0.29) is 18.6 Å². The van der Waals surface area contributed by atoms with E-state index >= 15 is 0 Å². The van der Waals surface area contributed by atoms with Crippen LogP contribution in [0.4, 0.5) is 0 Å². The van der Waals surface area contributed by atoms with Gasteiger partial charge in [-0.3, -0.25) is 4.79 Å². The SMILES string of the molecule is CC(C)N1CCC(CNC(=O)COC2CCNCC2)C1. The van der Waals surface area contributed by atoms with E-state index in [1.165, 1.54) is 6.42 Å². The highest BCUT2D eigenvalue weighted by molar-refractivity contribution is 5.77. The third kappa shape index (κ3) is 5.04. The van der Waals surface area contributed by atoms with Gasteiger partial charge in [-0.05, 0) is 58.7 Å². The number of nitrogens with one attached hydrogen (secondary N) is 2. The molecular formula is C15H29N3O2. The number of carbonyl (C=O) groups excluding carboxylic acids is 1. The number of nitrogens with zero attached hydrogens (tertiary/aromatic N) is 1. The molecule has 1 amide bonds. The lowest BCUT2D eigenvalue weighted by molar-refractivity contribution is -0.128. The van der Waals surface area contributed by atoms with Gasteiger partial charge in [0.1, 0.15) is 6.61 Å². The molecule has 2 fully saturated rings. The fourth-order valence-electron chi connectivity index (χ4n) is 2.96. The molecule has 0 aromatic heterocycles. The van der Waals surface area contributed by atoms with Crippen LogP contribution >= 0.6 is 0 Å². The zero-order valence-corrected chi connectivity index (χ0v) is 12.9. The van der Waals surface area contributed by atoms with E-state index in [1.54, 1.807) is 0 Å². The Kier molecular flexibility index (Phi) is 6.26. The minimum absolute atomic E-state index is 0.0338. The van der Waals surface area contributed by atoms with Gasteiger partial charge in [-0.25, -0.2) is 0 Å². The van der Waals surface area contributed by atoms with Crippen LogP contribution in [-0.2, 0) is 9.53 Å². The summed E-state index contributed by atoms with van der Waals surface area (Å²) in [6.07, 6.45) is 3.47. The second kappa shape index (κ2) is 7.96. The van der Waals surface area contributed by atoms with Gasteiger partial charge in [-0.1, -0.05) is 0 Å². The third-order valence-corrected chi connectivity index (χ3v) is 4.37. The molecule has 0 aliphatic carbocycles. The molecule has 2 rings (SSSR count). The van der Waals surface area contributed by atoms with Crippen molar-refractivity contribution in [3.8, 4) is 0 Å². The summed E-state index contributed by atoms with van der Waals surface area (Å²) in [5.41, 5.74) is 0. The number of hydrogen-bond acceptors (Lipinski definition) is 4. The highest BCUT2D eigenvalue weighted by Crippen LogP contribution is 2.17. The van der Waals surface area contributed by atoms with Crippen LogP contribution < -0.4 is 10.6 Å². The van der Waals surface area contributed by atoms with Crippen LogP contribution in [0.25, 0.3) is 0 Å². The van der Waals surface area contributed by atoms with E-state index < -0.39 is 0 Å². The van der Waals surface area contributed by atoms with Crippen molar-refractivity contribution in [1.29, 1.82) is 0 Å². The first-order valence-corrected chi connectivity index (χ1v) is 7.98. The first-order valence-electron chi connectivity index (χ1n) is 7.98. The highest BCUT2D eigenvalue weighted by atomic mass is 16.5. The Morgan fingerprint density at radius 3 is 2.75 bits per heavy atom. The summed E-state index contributed by atoms with van der Waals surface area (Å²) in [5.74, 6) is 0.631. The quantitative estimate of drug-likeness (QED) is 0.749. The Hall–Kier alpha value is -0.650. The maximum absolute atomic E-state index is 11.8. The summed E-state index contributed by atoms with van der Waals surface area (Å²) in [5, 5.41) is 6.31. The van der Waals surface area contributed by atoms with Crippen LogP contribution in [0.3, 0.4) is 0 Å². The van der Waals surface area contributed by atoms with Crippen LogP contribution in [-0.4, -0.2) is 62.3 Å². The molecule has 0 radical (unpaired) electrons. The zero-order chi connectivity index (χ0) is 14.4. The summed E-state index contributed by atoms with van der Waals surface area (Å²) in [4.78, 5) is 14.3. The summed E-state index contributed by atoms with van der Waals surface area (Å²) >= 11 is 0. The van der Waals surface area contributed by atoms with Crippen LogP contribution in [0, 0.1) is 5.92 Å². The lowest BCUT2D eigenvalue weighted by atomic mass is 10.1. The van der Waals surface area contributed by atoms with Gasteiger partial charge in [-0.2, -0.15) is 0 Å². The average molecular weight is 283 g/mol. The first-order chi connectivity index (χ1) is 9.65. The number of amides is 1. The molecule has 0 saturated carbocycles. The highest BCUT2D eigenvalue weighted by Gasteiger charge is 2.24. The molecule has 20 heavy (non-hydrogen) atoms. The van der Waals surface area contributed by atoms with Crippen LogP contribution in [0.5, 0.6) is 0 Å². The fourth-order valence-corrected chi connectivity index (χ4v) is 2.96. The molecule has 116 valence electrons. The number of likely N-dealkylation sites (tertiary alicyclic amines) is 1. The van der Waals surface area contributed by atoms with E-state index in [4.69, 9.17) is 4.74 Å². The number of carbonyl (C=O) groups is 1. The van der Waals surface area contributed by atoms with Crippen molar-refractivity contribution in [2.75, 3.05) is 39.3 Å². The molecule has 0 aromatic rings. The molecule has 2 heterocycles. The Bertz CT molecular complexity index is 303. The van der Waals surface area contributed by atoms with Crippen molar-refractivity contribution in [2.24, 2.45) is 5.92 Å². The number of hydrogen-bond donors (Lipinski definition) is 2. The van der Waals surface area contributed by atoms with Crippen molar-refractivity contribution in [3.63, 3.8) is 0 Å². The van der Waals surface area contributed by atoms with E-state index in [1.807, 2.05) is 0 Å². The van der Waals surface area contributed by atoms with Crippen molar-refractivity contribution in [2.45, 2.75) is 45.3 Å². The Balaban J connectivity index is 1.56. The molecule has 2 saturated heterocycles. The van der Waals surface area contributed by atoms with Gasteiger partial charge in [0.05, 0.1) is 6.10 Å².